The number of fused-ring (bicyclic) bond motifs is 1. The molecule has 3 heterocycles. The minimum atomic E-state index is -3.79. The number of primary sulfonamides is 1. The zero-order chi connectivity index (χ0) is 15.0. The summed E-state index contributed by atoms with van der Waals surface area (Å²) in [7, 11) is -3.79. The third kappa shape index (κ3) is 2.85. The summed E-state index contributed by atoms with van der Waals surface area (Å²) in [6.45, 7) is 3.32. The van der Waals surface area contributed by atoms with Gasteiger partial charge < -0.3 is 14.3 Å². The van der Waals surface area contributed by atoms with E-state index in [0.717, 1.165) is 31.0 Å². The molecule has 0 aromatic carbocycles. The van der Waals surface area contributed by atoms with Crippen LogP contribution in [0.15, 0.2) is 21.6 Å². The SMILES string of the molecule is CC(NCc1ccc(S(N)(=O)=O)o1)c1nnc2n1CCC2. The number of aryl methyl sites for hydroxylation is 1. The fourth-order valence-electron chi connectivity index (χ4n) is 2.44. The van der Waals surface area contributed by atoms with Gasteiger partial charge in [0.05, 0.1) is 12.6 Å². The second-order valence-electron chi connectivity index (χ2n) is 5.10. The van der Waals surface area contributed by atoms with E-state index in [1.54, 1.807) is 6.07 Å². The van der Waals surface area contributed by atoms with Crippen LogP contribution in [0.4, 0.5) is 0 Å². The Hall–Kier alpha value is -1.71. The van der Waals surface area contributed by atoms with Crippen molar-refractivity contribution < 1.29 is 12.8 Å². The van der Waals surface area contributed by atoms with E-state index < -0.39 is 10.0 Å². The van der Waals surface area contributed by atoms with Crippen molar-refractivity contribution in [3.8, 4) is 0 Å². The van der Waals surface area contributed by atoms with Gasteiger partial charge in [-0.05, 0) is 25.5 Å². The number of aromatic nitrogens is 3. The smallest absolute Gasteiger partial charge is 0.271 e. The summed E-state index contributed by atoms with van der Waals surface area (Å²) >= 11 is 0. The highest BCUT2D eigenvalue weighted by molar-refractivity contribution is 7.89. The molecule has 1 unspecified atom stereocenters. The fourth-order valence-corrected chi connectivity index (χ4v) is 2.93. The van der Waals surface area contributed by atoms with Gasteiger partial charge in [0.25, 0.3) is 10.0 Å². The highest BCUT2D eigenvalue weighted by Gasteiger charge is 2.21. The average Bonchev–Trinajstić information content (AvgIpc) is 3.10. The zero-order valence-electron chi connectivity index (χ0n) is 11.6. The second-order valence-corrected chi connectivity index (χ2v) is 6.59. The van der Waals surface area contributed by atoms with Crippen LogP contribution in [-0.4, -0.2) is 23.2 Å². The Balaban J connectivity index is 1.66. The molecule has 114 valence electrons. The summed E-state index contributed by atoms with van der Waals surface area (Å²) in [4.78, 5) is 0. The summed E-state index contributed by atoms with van der Waals surface area (Å²) in [6.07, 6.45) is 2.07. The van der Waals surface area contributed by atoms with E-state index in [1.165, 1.54) is 6.07 Å². The molecule has 3 N–H and O–H groups in total. The maximum atomic E-state index is 11.1. The molecular weight excluding hydrogens is 294 g/mol. The molecular formula is C12H17N5O3S. The Labute approximate surface area is 122 Å². The van der Waals surface area contributed by atoms with E-state index in [-0.39, 0.29) is 11.1 Å². The summed E-state index contributed by atoms with van der Waals surface area (Å²) in [6, 6.07) is 2.94. The van der Waals surface area contributed by atoms with Crippen molar-refractivity contribution in [1.82, 2.24) is 20.1 Å². The molecule has 9 heteroatoms. The highest BCUT2D eigenvalue weighted by atomic mass is 32.2. The molecule has 0 saturated carbocycles. The lowest BCUT2D eigenvalue weighted by Gasteiger charge is -2.12. The molecule has 0 radical (unpaired) electrons. The first-order chi connectivity index (χ1) is 9.95. The van der Waals surface area contributed by atoms with E-state index in [2.05, 4.69) is 20.1 Å². The minimum absolute atomic E-state index is 0.00705. The molecule has 3 rings (SSSR count). The van der Waals surface area contributed by atoms with Gasteiger partial charge in [-0.15, -0.1) is 10.2 Å². The van der Waals surface area contributed by atoms with Crippen molar-refractivity contribution in [2.75, 3.05) is 0 Å². The van der Waals surface area contributed by atoms with Crippen LogP contribution in [0, 0.1) is 0 Å². The van der Waals surface area contributed by atoms with Crippen molar-refractivity contribution in [1.29, 1.82) is 0 Å². The predicted octanol–water partition coefficient (Wildman–Crippen LogP) is 0.315. The van der Waals surface area contributed by atoms with Crippen molar-refractivity contribution in [3.05, 3.63) is 29.5 Å². The minimum Gasteiger partial charge on any atom is -0.447 e. The third-order valence-corrected chi connectivity index (χ3v) is 4.31. The van der Waals surface area contributed by atoms with E-state index in [9.17, 15) is 8.42 Å². The van der Waals surface area contributed by atoms with Gasteiger partial charge in [0.1, 0.15) is 17.4 Å². The van der Waals surface area contributed by atoms with Gasteiger partial charge >= 0.3 is 0 Å². The van der Waals surface area contributed by atoms with E-state index in [4.69, 9.17) is 9.56 Å². The molecule has 0 amide bonds. The van der Waals surface area contributed by atoms with Crippen LogP contribution in [0.5, 0.6) is 0 Å². The van der Waals surface area contributed by atoms with Crippen LogP contribution in [0.1, 0.15) is 36.8 Å². The van der Waals surface area contributed by atoms with Crippen molar-refractivity contribution in [3.63, 3.8) is 0 Å². The molecule has 0 bridgehead atoms. The number of furan rings is 1. The number of hydrogen-bond acceptors (Lipinski definition) is 6. The van der Waals surface area contributed by atoms with Crippen LogP contribution in [0.2, 0.25) is 0 Å². The zero-order valence-corrected chi connectivity index (χ0v) is 12.4. The largest absolute Gasteiger partial charge is 0.447 e. The Bertz CT molecular complexity index is 749. The second kappa shape index (κ2) is 5.24. The van der Waals surface area contributed by atoms with E-state index in [1.807, 2.05) is 6.92 Å². The number of sulfonamides is 1. The third-order valence-electron chi connectivity index (χ3n) is 3.53. The van der Waals surface area contributed by atoms with Gasteiger partial charge in [0, 0.05) is 13.0 Å². The average molecular weight is 311 g/mol. The molecule has 0 fully saturated rings. The number of rotatable bonds is 5. The van der Waals surface area contributed by atoms with Gasteiger partial charge in [0.2, 0.25) is 5.09 Å². The number of hydrogen-bond donors (Lipinski definition) is 2. The lowest BCUT2D eigenvalue weighted by Crippen LogP contribution is -2.21. The topological polar surface area (TPSA) is 116 Å². The first-order valence-corrected chi connectivity index (χ1v) is 8.26. The van der Waals surface area contributed by atoms with Gasteiger partial charge in [-0.1, -0.05) is 0 Å². The van der Waals surface area contributed by atoms with Crippen molar-refractivity contribution in [2.45, 2.75) is 44.0 Å². The van der Waals surface area contributed by atoms with E-state index >= 15 is 0 Å². The number of nitrogens with one attached hydrogen (secondary N) is 1. The molecule has 1 aliphatic heterocycles. The van der Waals surface area contributed by atoms with Gasteiger partial charge in [0.15, 0.2) is 0 Å². The van der Waals surface area contributed by atoms with Gasteiger partial charge in [-0.2, -0.15) is 0 Å². The Morgan fingerprint density at radius 1 is 1.48 bits per heavy atom. The summed E-state index contributed by atoms with van der Waals surface area (Å²) < 4.78 is 29.6. The molecule has 2 aromatic heterocycles. The lowest BCUT2D eigenvalue weighted by atomic mass is 10.3. The molecule has 0 aliphatic carbocycles. The normalized spacial score (nSPS) is 16.1. The molecule has 8 nitrogen and oxygen atoms in total. The van der Waals surface area contributed by atoms with Crippen LogP contribution in [0.25, 0.3) is 0 Å². The van der Waals surface area contributed by atoms with Crippen molar-refractivity contribution >= 4 is 10.0 Å². The monoisotopic (exact) mass is 311 g/mol. The Morgan fingerprint density at radius 2 is 2.29 bits per heavy atom. The maximum Gasteiger partial charge on any atom is 0.271 e. The molecule has 21 heavy (non-hydrogen) atoms. The highest BCUT2D eigenvalue weighted by Crippen LogP contribution is 2.19. The predicted molar refractivity (Wildman–Crippen MR) is 73.7 cm³/mol. The molecule has 1 aliphatic rings. The van der Waals surface area contributed by atoms with E-state index in [0.29, 0.717) is 12.3 Å². The Morgan fingerprint density at radius 3 is 3.00 bits per heavy atom. The summed E-state index contributed by atoms with van der Waals surface area (Å²) in [5, 5.41) is 16.4. The van der Waals surface area contributed by atoms with Gasteiger partial charge in [-0.3, -0.25) is 0 Å². The molecule has 0 spiro atoms. The molecule has 2 aromatic rings. The van der Waals surface area contributed by atoms with Crippen molar-refractivity contribution in [2.24, 2.45) is 5.14 Å². The maximum absolute atomic E-state index is 11.1. The van der Waals surface area contributed by atoms with Crippen LogP contribution < -0.4 is 10.5 Å². The summed E-state index contributed by atoms with van der Waals surface area (Å²) in [5.41, 5.74) is 0. The van der Waals surface area contributed by atoms with Crippen LogP contribution in [-0.2, 0) is 29.5 Å². The number of nitrogens with zero attached hydrogens (tertiary/aromatic N) is 3. The van der Waals surface area contributed by atoms with Crippen LogP contribution >= 0.6 is 0 Å². The first-order valence-electron chi connectivity index (χ1n) is 6.72. The quantitative estimate of drug-likeness (QED) is 0.821. The molecule has 0 saturated heterocycles. The van der Waals surface area contributed by atoms with Gasteiger partial charge in [-0.25, -0.2) is 13.6 Å². The fraction of sp³-hybridized carbons (Fsp3) is 0.500. The Kier molecular flexibility index (Phi) is 3.56. The summed E-state index contributed by atoms with van der Waals surface area (Å²) in [5.74, 6) is 2.42. The standard InChI is InChI=1S/C12H17N5O3S/c1-8(12-16-15-10-3-2-6-17(10)12)14-7-9-4-5-11(20-9)21(13,18)19/h4-5,8,14H,2-3,6-7H2,1H3,(H2,13,18,19). The lowest BCUT2D eigenvalue weighted by molar-refractivity contribution is 0.389. The van der Waals surface area contributed by atoms with Crippen LogP contribution in [0.3, 0.4) is 0 Å². The first kappa shape index (κ1) is 14.2. The molecule has 1 atom stereocenters. The number of nitrogens with two attached hydrogens (primary N) is 1.